The smallest absolute Gasteiger partial charge is 0.252 e. The number of primary amides is 1. The third-order valence-corrected chi connectivity index (χ3v) is 7.08. The fourth-order valence-corrected chi connectivity index (χ4v) is 4.66. The van der Waals surface area contributed by atoms with E-state index in [1.54, 1.807) is 41.1 Å². The van der Waals surface area contributed by atoms with E-state index in [9.17, 15) is 19.2 Å². The van der Waals surface area contributed by atoms with Crippen LogP contribution in [0.4, 0.5) is 5.69 Å². The molecule has 0 radical (unpaired) electrons. The van der Waals surface area contributed by atoms with Gasteiger partial charge in [-0.2, -0.15) is 11.3 Å². The maximum atomic E-state index is 13.1. The molecule has 0 saturated heterocycles. The molecule has 5 N–H and O–H groups in total. The SMILES string of the molecule is CCCC[C@H](NC(=O)[C@H](Cc1ccc(NC(=O)Cc2ccc(Br)cc2)cc1)NC(=O)c1ccsc1)C(N)=O. The fourth-order valence-electron chi connectivity index (χ4n) is 3.76. The number of anilines is 1. The van der Waals surface area contributed by atoms with Gasteiger partial charge in [-0.1, -0.05) is 60.0 Å². The van der Waals surface area contributed by atoms with Crippen LogP contribution in [0.25, 0.3) is 0 Å². The second-order valence-corrected chi connectivity index (χ2v) is 10.6. The minimum Gasteiger partial charge on any atom is -0.368 e. The van der Waals surface area contributed by atoms with Gasteiger partial charge >= 0.3 is 0 Å². The Labute approximate surface area is 234 Å². The number of thiophene rings is 1. The molecule has 0 fully saturated rings. The van der Waals surface area contributed by atoms with E-state index in [1.807, 2.05) is 31.2 Å². The quantitative estimate of drug-likeness (QED) is 0.235. The van der Waals surface area contributed by atoms with E-state index in [0.29, 0.717) is 17.7 Å². The molecule has 2 atom stereocenters. The molecule has 3 aromatic rings. The summed E-state index contributed by atoms with van der Waals surface area (Å²) in [4.78, 5) is 50.2. The van der Waals surface area contributed by atoms with Crippen LogP contribution in [0.15, 0.2) is 69.8 Å². The van der Waals surface area contributed by atoms with Crippen molar-refractivity contribution < 1.29 is 19.2 Å². The zero-order chi connectivity index (χ0) is 27.5. The first-order chi connectivity index (χ1) is 18.2. The molecule has 0 saturated carbocycles. The Bertz CT molecular complexity index is 1230. The zero-order valence-corrected chi connectivity index (χ0v) is 23.4. The molecule has 2 aromatic carbocycles. The van der Waals surface area contributed by atoms with Crippen molar-refractivity contribution in [2.45, 2.75) is 51.1 Å². The summed E-state index contributed by atoms with van der Waals surface area (Å²) >= 11 is 4.76. The summed E-state index contributed by atoms with van der Waals surface area (Å²) in [6, 6.07) is 14.5. The first kappa shape index (κ1) is 29.1. The van der Waals surface area contributed by atoms with Gasteiger partial charge in [-0.05, 0) is 53.3 Å². The Morgan fingerprint density at radius 1 is 0.921 bits per heavy atom. The number of halogens is 1. The van der Waals surface area contributed by atoms with Crippen LogP contribution in [-0.4, -0.2) is 35.7 Å². The number of amides is 4. The van der Waals surface area contributed by atoms with Crippen LogP contribution >= 0.6 is 27.3 Å². The summed E-state index contributed by atoms with van der Waals surface area (Å²) in [5, 5.41) is 11.8. The van der Waals surface area contributed by atoms with Gasteiger partial charge in [0.25, 0.3) is 5.91 Å². The zero-order valence-electron chi connectivity index (χ0n) is 21.0. The number of nitrogens with one attached hydrogen (secondary N) is 3. The maximum Gasteiger partial charge on any atom is 0.252 e. The Kier molecular flexibility index (Phi) is 11.0. The number of benzene rings is 2. The molecule has 3 rings (SSSR count). The molecule has 1 aromatic heterocycles. The maximum absolute atomic E-state index is 13.1. The Morgan fingerprint density at radius 3 is 2.21 bits per heavy atom. The van der Waals surface area contributed by atoms with Crippen LogP contribution in [0, 0.1) is 0 Å². The van der Waals surface area contributed by atoms with Crippen LogP contribution in [0.2, 0.25) is 0 Å². The predicted molar refractivity (Wildman–Crippen MR) is 153 cm³/mol. The lowest BCUT2D eigenvalue weighted by Gasteiger charge is -2.22. The van der Waals surface area contributed by atoms with Crippen molar-refractivity contribution in [3.8, 4) is 0 Å². The third-order valence-electron chi connectivity index (χ3n) is 5.87. The van der Waals surface area contributed by atoms with E-state index < -0.39 is 23.9 Å². The number of carbonyl (C=O) groups excluding carboxylic acids is 4. The van der Waals surface area contributed by atoms with Gasteiger partial charge in [0.2, 0.25) is 17.7 Å². The van der Waals surface area contributed by atoms with Gasteiger partial charge in [0, 0.05) is 22.0 Å². The summed E-state index contributed by atoms with van der Waals surface area (Å²) < 4.78 is 0.946. The highest BCUT2D eigenvalue weighted by molar-refractivity contribution is 9.10. The van der Waals surface area contributed by atoms with Gasteiger partial charge < -0.3 is 21.7 Å². The molecule has 10 heteroatoms. The summed E-state index contributed by atoms with van der Waals surface area (Å²) in [5.41, 5.74) is 8.23. The van der Waals surface area contributed by atoms with Gasteiger partial charge in [-0.3, -0.25) is 19.2 Å². The lowest BCUT2D eigenvalue weighted by Crippen LogP contribution is -2.53. The van der Waals surface area contributed by atoms with E-state index in [1.165, 1.54) is 11.3 Å². The lowest BCUT2D eigenvalue weighted by molar-refractivity contribution is -0.128. The first-order valence-electron chi connectivity index (χ1n) is 12.3. The van der Waals surface area contributed by atoms with Crippen molar-refractivity contribution >= 4 is 56.6 Å². The Morgan fingerprint density at radius 2 is 1.61 bits per heavy atom. The number of unbranched alkanes of at least 4 members (excludes halogenated alkanes) is 1. The van der Waals surface area contributed by atoms with Crippen LogP contribution in [0.3, 0.4) is 0 Å². The molecule has 38 heavy (non-hydrogen) atoms. The summed E-state index contributed by atoms with van der Waals surface area (Å²) in [6.07, 6.45) is 2.44. The second kappa shape index (κ2) is 14.4. The lowest BCUT2D eigenvalue weighted by atomic mass is 10.0. The number of hydrogen-bond donors (Lipinski definition) is 4. The topological polar surface area (TPSA) is 130 Å². The highest BCUT2D eigenvalue weighted by Crippen LogP contribution is 2.15. The van der Waals surface area contributed by atoms with Crippen LogP contribution in [0.5, 0.6) is 0 Å². The fraction of sp³-hybridized carbons (Fsp3) is 0.286. The van der Waals surface area contributed by atoms with Gasteiger partial charge in [0.1, 0.15) is 12.1 Å². The van der Waals surface area contributed by atoms with E-state index >= 15 is 0 Å². The standard InChI is InChI=1S/C28H31BrN4O4S/c1-2-3-4-23(26(30)35)32-28(37)24(33-27(36)20-13-14-38-17-20)15-18-7-11-22(12-8-18)31-25(34)16-19-5-9-21(29)10-6-19/h5-14,17,23-24H,2-4,15-16H2,1H3,(H2,30,35)(H,31,34)(H,32,37)(H,33,36)/t23-,24-/m0/s1. The third kappa shape index (κ3) is 9.11. The molecule has 0 aliphatic rings. The van der Waals surface area contributed by atoms with Gasteiger partial charge in [0.05, 0.1) is 12.0 Å². The summed E-state index contributed by atoms with van der Waals surface area (Å²) in [7, 11) is 0. The van der Waals surface area contributed by atoms with E-state index in [4.69, 9.17) is 5.73 Å². The monoisotopic (exact) mass is 598 g/mol. The van der Waals surface area contributed by atoms with Gasteiger partial charge in [-0.25, -0.2) is 0 Å². The second-order valence-electron chi connectivity index (χ2n) is 8.90. The molecular weight excluding hydrogens is 568 g/mol. The van der Waals surface area contributed by atoms with Crippen molar-refractivity contribution in [3.63, 3.8) is 0 Å². The van der Waals surface area contributed by atoms with E-state index in [2.05, 4.69) is 31.9 Å². The summed E-state index contributed by atoms with van der Waals surface area (Å²) in [5.74, 6) is -1.63. The minimum absolute atomic E-state index is 0.148. The number of nitrogens with two attached hydrogens (primary N) is 1. The molecular formula is C28H31BrN4O4S. The number of carbonyl (C=O) groups is 4. The number of rotatable bonds is 13. The van der Waals surface area contributed by atoms with Crippen molar-refractivity contribution in [2.75, 3.05) is 5.32 Å². The average Bonchev–Trinajstić information content (AvgIpc) is 3.43. The number of hydrogen-bond acceptors (Lipinski definition) is 5. The Balaban J connectivity index is 1.67. The Hall–Kier alpha value is -3.50. The highest BCUT2D eigenvalue weighted by atomic mass is 79.9. The summed E-state index contributed by atoms with van der Waals surface area (Å²) in [6.45, 7) is 1.98. The normalized spacial score (nSPS) is 12.3. The molecule has 0 bridgehead atoms. The molecule has 0 spiro atoms. The van der Waals surface area contributed by atoms with Crippen LogP contribution in [0.1, 0.15) is 47.7 Å². The van der Waals surface area contributed by atoms with E-state index in [-0.39, 0.29) is 24.7 Å². The van der Waals surface area contributed by atoms with Crippen molar-refractivity contribution in [1.29, 1.82) is 0 Å². The average molecular weight is 600 g/mol. The molecule has 0 aliphatic carbocycles. The van der Waals surface area contributed by atoms with Crippen molar-refractivity contribution in [1.82, 2.24) is 10.6 Å². The van der Waals surface area contributed by atoms with Gasteiger partial charge in [-0.15, -0.1) is 0 Å². The van der Waals surface area contributed by atoms with Crippen LogP contribution in [-0.2, 0) is 27.2 Å². The van der Waals surface area contributed by atoms with E-state index in [0.717, 1.165) is 28.4 Å². The predicted octanol–water partition coefficient (Wildman–Crippen LogP) is 4.19. The van der Waals surface area contributed by atoms with Gasteiger partial charge in [0.15, 0.2) is 0 Å². The molecule has 200 valence electrons. The van der Waals surface area contributed by atoms with Crippen molar-refractivity contribution in [3.05, 3.63) is 86.5 Å². The highest BCUT2D eigenvalue weighted by Gasteiger charge is 2.26. The molecule has 1 heterocycles. The van der Waals surface area contributed by atoms with Crippen LogP contribution < -0.4 is 21.7 Å². The minimum atomic E-state index is -0.927. The molecule has 8 nitrogen and oxygen atoms in total. The molecule has 0 aliphatic heterocycles. The molecule has 4 amide bonds. The first-order valence-corrected chi connectivity index (χ1v) is 14.0. The largest absolute Gasteiger partial charge is 0.368 e. The van der Waals surface area contributed by atoms with Crippen molar-refractivity contribution in [2.24, 2.45) is 5.73 Å². The molecule has 0 unspecified atom stereocenters.